The molecular formula is C69H82F8O2. The lowest BCUT2D eigenvalue weighted by atomic mass is 9.63. The van der Waals surface area contributed by atoms with Gasteiger partial charge in [-0.15, -0.1) is 0 Å². The molecule has 7 rings (SSSR count). The van der Waals surface area contributed by atoms with Gasteiger partial charge in [0.05, 0.1) is 13.2 Å². The summed E-state index contributed by atoms with van der Waals surface area (Å²) in [5, 5.41) is 0. The van der Waals surface area contributed by atoms with Gasteiger partial charge in [0.1, 0.15) is 11.5 Å². The number of alkyl halides is 8. The normalized spacial score (nSPS) is 13.4. The van der Waals surface area contributed by atoms with Crippen LogP contribution in [0.25, 0.3) is 55.6 Å². The van der Waals surface area contributed by atoms with Gasteiger partial charge in [0.2, 0.25) is 0 Å². The Hall–Kier alpha value is -5.64. The van der Waals surface area contributed by atoms with E-state index in [0.29, 0.717) is 50.0 Å². The van der Waals surface area contributed by atoms with Gasteiger partial charge in [0, 0.05) is 12.8 Å². The summed E-state index contributed by atoms with van der Waals surface area (Å²) in [5.41, 5.74) is -2.51. The Bertz CT molecular complexity index is 2590. The predicted molar refractivity (Wildman–Crippen MR) is 309 cm³/mol. The lowest BCUT2D eigenvalue weighted by Crippen LogP contribution is -2.69. The first-order valence-corrected chi connectivity index (χ1v) is 29.5. The summed E-state index contributed by atoms with van der Waals surface area (Å²) >= 11 is 0. The molecule has 0 atom stereocenters. The van der Waals surface area contributed by atoms with E-state index in [-0.39, 0.29) is 35.1 Å². The quantitative estimate of drug-likeness (QED) is 0.0296. The molecule has 0 N–H and O–H groups in total. The van der Waals surface area contributed by atoms with Gasteiger partial charge in [-0.2, -0.15) is 35.1 Å². The number of rotatable bonds is 34. The Morgan fingerprint density at radius 3 is 0.873 bits per heavy atom. The lowest BCUT2D eigenvalue weighted by molar-refractivity contribution is -0.324. The number of hydrogen-bond acceptors (Lipinski definition) is 2. The zero-order valence-electron chi connectivity index (χ0n) is 47.0. The minimum Gasteiger partial charge on any atom is -0.494 e. The van der Waals surface area contributed by atoms with Crippen LogP contribution in [0.4, 0.5) is 35.1 Å². The average Bonchev–Trinajstić information content (AvgIpc) is 2.43. The molecule has 0 unspecified atom stereocenters. The molecule has 0 aliphatic heterocycles. The van der Waals surface area contributed by atoms with Crippen molar-refractivity contribution in [2.45, 2.75) is 198 Å². The Labute approximate surface area is 465 Å². The van der Waals surface area contributed by atoms with Gasteiger partial charge < -0.3 is 9.47 Å². The van der Waals surface area contributed by atoms with Crippen LogP contribution in [0.3, 0.4) is 0 Å². The zero-order valence-corrected chi connectivity index (χ0v) is 47.0. The van der Waals surface area contributed by atoms with Crippen LogP contribution in [0, 0.1) is 0 Å². The van der Waals surface area contributed by atoms with Crippen LogP contribution in [-0.4, -0.2) is 36.9 Å². The second-order valence-corrected chi connectivity index (χ2v) is 21.9. The van der Waals surface area contributed by atoms with Crippen molar-refractivity contribution in [3.63, 3.8) is 0 Å². The summed E-state index contributed by atoms with van der Waals surface area (Å²) in [5.74, 6) is -20.3. The topological polar surface area (TPSA) is 18.5 Å². The molecule has 0 spiro atoms. The van der Waals surface area contributed by atoms with Crippen LogP contribution >= 0.6 is 0 Å². The van der Waals surface area contributed by atoms with E-state index in [0.717, 1.165) is 71.6 Å². The first-order chi connectivity index (χ1) is 38.1. The predicted octanol–water partition coefficient (Wildman–Crippen LogP) is 22.6. The third-order valence-corrected chi connectivity index (χ3v) is 16.0. The van der Waals surface area contributed by atoms with E-state index in [1.54, 1.807) is 60.7 Å². The molecule has 0 bridgehead atoms. The standard InChI is InChI=1S/C69H82F8O2/c1-5-9-13-17-19-23-47-78-59-39-33-53(34-40-59)51-25-29-55(30-26-51)57-37-43-61-62-44-38-58(56-31-27-52(28-32-56)54-35-41-60(42-36-54)79-48-24-20-18-14-10-6-2)50-64(62)67(63(61)49-57,68(74,75)65(70,71)45-21-15-11-7-3)69(76,77)66(72,73)46-22-16-12-8-4/h25-44,49-50H,5-24,45-48H2,1-4H3. The van der Waals surface area contributed by atoms with E-state index < -0.39 is 65.9 Å². The Balaban J connectivity index is 1.27. The zero-order chi connectivity index (χ0) is 56.5. The molecule has 0 radical (unpaired) electrons. The molecule has 1 aliphatic carbocycles. The summed E-state index contributed by atoms with van der Waals surface area (Å²) in [7, 11) is 0. The largest absolute Gasteiger partial charge is 0.494 e. The molecule has 2 nitrogen and oxygen atoms in total. The van der Waals surface area contributed by atoms with Gasteiger partial charge >= 0.3 is 23.7 Å². The Morgan fingerprint density at radius 1 is 0.304 bits per heavy atom. The number of unbranched alkanes of at least 4 members (excludes halogenated alkanes) is 16. The van der Waals surface area contributed by atoms with Crippen LogP contribution in [0.2, 0.25) is 0 Å². The molecule has 0 saturated carbocycles. The Morgan fingerprint density at radius 2 is 0.557 bits per heavy atom. The fraction of sp³-hybridized carbons (Fsp3) is 0.478. The summed E-state index contributed by atoms with van der Waals surface area (Å²) < 4.78 is 153. The number of benzene rings is 6. The minimum absolute atomic E-state index is 0.137. The lowest BCUT2D eigenvalue weighted by Gasteiger charge is -2.49. The van der Waals surface area contributed by atoms with E-state index in [1.807, 2.05) is 62.4 Å². The van der Waals surface area contributed by atoms with Crippen molar-refractivity contribution in [2.24, 2.45) is 0 Å². The monoisotopic (exact) mass is 1090 g/mol. The van der Waals surface area contributed by atoms with Crippen LogP contribution in [-0.2, 0) is 5.41 Å². The number of hydrogen-bond donors (Lipinski definition) is 0. The SMILES string of the molecule is CCCCCCCCOc1ccc(-c2ccc(-c3ccc4c(c3)C(C(F)(F)C(F)(F)CCCCCC)(C(F)(F)C(F)(F)CCCCCC)c3cc(-c5ccc(-c6ccc(OCCCCCCCC)cc6)cc5)ccc3-4)cc2)cc1. The van der Waals surface area contributed by atoms with E-state index >= 15 is 35.1 Å². The number of halogens is 8. The molecule has 0 amide bonds. The Kier molecular flexibility index (Phi) is 21.8. The second kappa shape index (κ2) is 28.2. The van der Waals surface area contributed by atoms with Gasteiger partial charge in [-0.1, -0.05) is 227 Å². The number of fused-ring (bicyclic) bond motifs is 3. The molecule has 0 aromatic heterocycles. The fourth-order valence-electron chi connectivity index (χ4n) is 11.3. The molecule has 6 aromatic carbocycles. The van der Waals surface area contributed by atoms with Gasteiger partial charge in [-0.05, 0) is 129 Å². The maximum atomic E-state index is 18.2. The second-order valence-electron chi connectivity index (χ2n) is 21.9. The molecule has 0 fully saturated rings. The first-order valence-electron chi connectivity index (χ1n) is 29.5. The average molecular weight is 1100 g/mol. The highest BCUT2D eigenvalue weighted by Gasteiger charge is 2.85. The van der Waals surface area contributed by atoms with E-state index in [4.69, 9.17) is 9.47 Å². The maximum absolute atomic E-state index is 18.2. The molecule has 1 aliphatic rings. The van der Waals surface area contributed by atoms with E-state index in [2.05, 4.69) is 13.8 Å². The van der Waals surface area contributed by atoms with Crippen molar-refractivity contribution < 1.29 is 44.6 Å². The van der Waals surface area contributed by atoms with Crippen molar-refractivity contribution in [3.8, 4) is 67.1 Å². The highest BCUT2D eigenvalue weighted by atomic mass is 19.3. The van der Waals surface area contributed by atoms with Crippen molar-refractivity contribution >= 4 is 0 Å². The van der Waals surface area contributed by atoms with Crippen LogP contribution in [0.1, 0.15) is 180 Å². The van der Waals surface area contributed by atoms with Gasteiger partial charge in [-0.3, -0.25) is 0 Å². The van der Waals surface area contributed by atoms with Crippen molar-refractivity contribution in [1.29, 1.82) is 0 Å². The van der Waals surface area contributed by atoms with Crippen LogP contribution in [0.5, 0.6) is 11.5 Å². The summed E-state index contributed by atoms with van der Waals surface area (Å²) in [6.07, 6.45) is 12.4. The van der Waals surface area contributed by atoms with Crippen LogP contribution < -0.4 is 9.47 Å². The van der Waals surface area contributed by atoms with Crippen molar-refractivity contribution in [3.05, 3.63) is 145 Å². The third kappa shape index (κ3) is 13.9. The first kappa shape index (κ1) is 61.0. The molecule has 10 heteroatoms. The van der Waals surface area contributed by atoms with Gasteiger partial charge in [0.25, 0.3) is 0 Å². The maximum Gasteiger partial charge on any atom is 0.329 e. The molecule has 0 heterocycles. The molecule has 79 heavy (non-hydrogen) atoms. The van der Waals surface area contributed by atoms with Gasteiger partial charge in [0.15, 0.2) is 5.41 Å². The summed E-state index contributed by atoms with van der Waals surface area (Å²) in [4.78, 5) is 0. The van der Waals surface area contributed by atoms with Crippen molar-refractivity contribution in [1.82, 2.24) is 0 Å². The van der Waals surface area contributed by atoms with Crippen molar-refractivity contribution in [2.75, 3.05) is 13.2 Å². The minimum atomic E-state index is -5.73. The highest BCUT2D eigenvalue weighted by Crippen LogP contribution is 2.70. The molecule has 426 valence electrons. The van der Waals surface area contributed by atoms with E-state index in [1.165, 1.54) is 63.5 Å². The fourth-order valence-corrected chi connectivity index (χ4v) is 11.3. The molecule has 6 aromatic rings. The smallest absolute Gasteiger partial charge is 0.329 e. The number of ether oxygens (including phenoxy) is 2. The molecular weight excluding hydrogens is 1010 g/mol. The molecule has 0 saturated heterocycles. The highest BCUT2D eigenvalue weighted by molar-refractivity contribution is 5.88. The van der Waals surface area contributed by atoms with E-state index in [9.17, 15) is 0 Å². The summed E-state index contributed by atoms with van der Waals surface area (Å²) in [6, 6.07) is 36.9. The van der Waals surface area contributed by atoms with Gasteiger partial charge in [-0.25, -0.2) is 0 Å². The van der Waals surface area contributed by atoms with Crippen LogP contribution in [0.15, 0.2) is 133 Å². The third-order valence-electron chi connectivity index (χ3n) is 16.0. The summed E-state index contributed by atoms with van der Waals surface area (Å²) in [6.45, 7) is 9.24.